The second-order valence-electron chi connectivity index (χ2n) is 5.49. The Morgan fingerprint density at radius 3 is 2.62 bits per heavy atom. The van der Waals surface area contributed by atoms with Crippen molar-refractivity contribution in [1.29, 1.82) is 0 Å². The number of amides is 2. The first kappa shape index (κ1) is 16.1. The third kappa shape index (κ3) is 2.86. The zero-order valence-corrected chi connectivity index (χ0v) is 13.9. The number of carbonyl (C=O) groups is 3. The van der Waals surface area contributed by atoms with Crippen LogP contribution in [-0.2, 0) is 4.79 Å². The van der Waals surface area contributed by atoms with Crippen LogP contribution in [-0.4, -0.2) is 27.2 Å². The Hall–Kier alpha value is -3.39. The number of rotatable bonds is 3. The van der Waals surface area contributed by atoms with Crippen molar-refractivity contribution in [2.24, 2.45) is 0 Å². The van der Waals surface area contributed by atoms with Crippen molar-refractivity contribution in [3.63, 3.8) is 0 Å². The highest BCUT2D eigenvalue weighted by atomic mass is 32.2. The summed E-state index contributed by atoms with van der Waals surface area (Å²) < 4.78 is 5.84. The Morgan fingerprint density at radius 1 is 1.19 bits per heavy atom. The van der Waals surface area contributed by atoms with Gasteiger partial charge >= 0.3 is 5.97 Å². The molecule has 1 aliphatic rings. The van der Waals surface area contributed by atoms with Gasteiger partial charge in [-0.2, -0.15) is 0 Å². The van der Waals surface area contributed by atoms with E-state index in [1.807, 2.05) is 0 Å². The number of imide groups is 1. The second kappa shape index (κ2) is 6.16. The Morgan fingerprint density at radius 2 is 1.96 bits per heavy atom. The smallest absolute Gasteiger partial charge is 0.335 e. The van der Waals surface area contributed by atoms with Gasteiger partial charge in [-0.25, -0.2) is 4.79 Å². The molecule has 0 aliphatic carbocycles. The number of carbonyl (C=O) groups excluding carboxylic acids is 2. The second-order valence-corrected chi connectivity index (χ2v) is 6.50. The number of fused-ring (bicyclic) bond motifs is 1. The number of pyridine rings is 1. The maximum absolute atomic E-state index is 11.7. The van der Waals surface area contributed by atoms with Gasteiger partial charge in [-0.05, 0) is 35.5 Å². The van der Waals surface area contributed by atoms with Crippen LogP contribution in [0.2, 0.25) is 0 Å². The van der Waals surface area contributed by atoms with E-state index in [2.05, 4.69) is 10.3 Å². The van der Waals surface area contributed by atoms with E-state index in [4.69, 9.17) is 9.52 Å². The van der Waals surface area contributed by atoms with Crippen LogP contribution in [0, 0.1) is 0 Å². The summed E-state index contributed by atoms with van der Waals surface area (Å²) in [5, 5.41) is 11.5. The fraction of sp³-hybridized carbons (Fsp3) is 0. The summed E-state index contributed by atoms with van der Waals surface area (Å²) in [6, 6.07) is 8.10. The first-order chi connectivity index (χ1) is 12.5. The van der Waals surface area contributed by atoms with Crippen molar-refractivity contribution in [2.45, 2.75) is 0 Å². The molecule has 0 saturated carbocycles. The Kier molecular flexibility index (Phi) is 3.81. The number of carboxylic acid groups (broad SMARTS) is 1. The highest BCUT2D eigenvalue weighted by Gasteiger charge is 2.25. The first-order valence-corrected chi connectivity index (χ1v) is 8.29. The monoisotopic (exact) mass is 366 g/mol. The number of benzene rings is 1. The van der Waals surface area contributed by atoms with Crippen LogP contribution in [0.4, 0.5) is 4.79 Å². The molecule has 0 radical (unpaired) electrons. The van der Waals surface area contributed by atoms with E-state index in [0.29, 0.717) is 16.9 Å². The van der Waals surface area contributed by atoms with Crippen molar-refractivity contribution in [2.75, 3.05) is 0 Å². The fourth-order valence-electron chi connectivity index (χ4n) is 2.60. The maximum atomic E-state index is 11.7. The summed E-state index contributed by atoms with van der Waals surface area (Å²) in [6.45, 7) is 0. The molecule has 1 saturated heterocycles. The molecular formula is C18H10N2O5S. The topological polar surface area (TPSA) is 110 Å². The van der Waals surface area contributed by atoms with Gasteiger partial charge in [0.1, 0.15) is 11.3 Å². The average molecular weight is 366 g/mol. The van der Waals surface area contributed by atoms with Gasteiger partial charge in [-0.15, -0.1) is 0 Å². The summed E-state index contributed by atoms with van der Waals surface area (Å²) in [7, 11) is 0. The van der Waals surface area contributed by atoms with Gasteiger partial charge in [0, 0.05) is 29.4 Å². The normalized spacial score (nSPS) is 15.6. The predicted octanol–water partition coefficient (Wildman–Crippen LogP) is 3.52. The molecule has 4 rings (SSSR count). The molecule has 0 spiro atoms. The van der Waals surface area contributed by atoms with E-state index in [1.165, 1.54) is 18.2 Å². The average Bonchev–Trinajstić information content (AvgIpc) is 3.17. The largest absolute Gasteiger partial charge is 0.478 e. The molecule has 7 nitrogen and oxygen atoms in total. The van der Waals surface area contributed by atoms with Gasteiger partial charge in [-0.3, -0.25) is 19.9 Å². The van der Waals surface area contributed by atoms with Gasteiger partial charge in [0.25, 0.3) is 11.1 Å². The summed E-state index contributed by atoms with van der Waals surface area (Å²) >= 11 is 0.814. The van der Waals surface area contributed by atoms with Gasteiger partial charge in [-0.1, -0.05) is 12.1 Å². The highest BCUT2D eigenvalue weighted by molar-refractivity contribution is 8.18. The van der Waals surface area contributed by atoms with E-state index < -0.39 is 17.1 Å². The third-order valence-corrected chi connectivity index (χ3v) is 4.61. The molecule has 2 aromatic heterocycles. The summed E-state index contributed by atoms with van der Waals surface area (Å²) in [4.78, 5) is 38.3. The van der Waals surface area contributed by atoms with Crippen LogP contribution < -0.4 is 5.32 Å². The number of furan rings is 1. The van der Waals surface area contributed by atoms with Crippen molar-refractivity contribution >= 4 is 45.9 Å². The van der Waals surface area contributed by atoms with E-state index in [9.17, 15) is 14.4 Å². The lowest BCUT2D eigenvalue weighted by Gasteiger charge is -2.02. The molecule has 1 fully saturated rings. The van der Waals surface area contributed by atoms with Crippen molar-refractivity contribution in [3.8, 4) is 11.1 Å². The quantitative estimate of drug-likeness (QED) is 0.683. The van der Waals surface area contributed by atoms with Gasteiger partial charge in [0.05, 0.1) is 10.5 Å². The number of hydrogen-bond acceptors (Lipinski definition) is 6. The zero-order chi connectivity index (χ0) is 18.3. The molecule has 2 amide bonds. The molecule has 3 heterocycles. The van der Waals surface area contributed by atoms with Crippen LogP contribution in [0.1, 0.15) is 16.1 Å². The standard InChI is InChI=1S/C18H10N2O5S/c21-16-14(26-18(24)20-16)6-12-5-11-7-19-8-13(15(11)25-12)9-1-3-10(4-2-9)17(22)23/h1-8H,(H,22,23)(H,20,21,24). The molecule has 3 aromatic rings. The number of aromatic carboxylic acids is 1. The van der Waals surface area contributed by atoms with Gasteiger partial charge < -0.3 is 9.52 Å². The van der Waals surface area contributed by atoms with Crippen LogP contribution in [0.3, 0.4) is 0 Å². The number of nitrogens with one attached hydrogen (secondary N) is 1. The molecule has 128 valence electrons. The first-order valence-electron chi connectivity index (χ1n) is 7.47. The molecule has 0 bridgehead atoms. The zero-order valence-electron chi connectivity index (χ0n) is 13.1. The molecule has 0 unspecified atom stereocenters. The Balaban J connectivity index is 1.76. The highest BCUT2D eigenvalue weighted by Crippen LogP contribution is 2.32. The molecule has 8 heteroatoms. The van der Waals surface area contributed by atoms with Crippen LogP contribution in [0.25, 0.3) is 28.2 Å². The van der Waals surface area contributed by atoms with Gasteiger partial charge in [0.2, 0.25) is 0 Å². The van der Waals surface area contributed by atoms with Crippen LogP contribution in [0.15, 0.2) is 52.0 Å². The summed E-state index contributed by atoms with van der Waals surface area (Å²) in [5.41, 5.74) is 2.20. The lowest BCUT2D eigenvalue weighted by Crippen LogP contribution is -2.17. The number of aromatic nitrogens is 1. The predicted molar refractivity (Wildman–Crippen MR) is 95.5 cm³/mol. The van der Waals surface area contributed by atoms with Crippen molar-refractivity contribution in [3.05, 3.63) is 59.0 Å². The Labute approximate surface area is 150 Å². The van der Waals surface area contributed by atoms with E-state index in [1.54, 1.807) is 30.6 Å². The summed E-state index contributed by atoms with van der Waals surface area (Å²) in [5.74, 6) is -1.03. The van der Waals surface area contributed by atoms with Crippen molar-refractivity contribution < 1.29 is 23.9 Å². The van der Waals surface area contributed by atoms with Crippen LogP contribution in [0.5, 0.6) is 0 Å². The summed E-state index contributed by atoms with van der Waals surface area (Å²) in [6.07, 6.45) is 4.75. The fourth-order valence-corrected chi connectivity index (χ4v) is 3.26. The minimum atomic E-state index is -0.998. The lowest BCUT2D eigenvalue weighted by atomic mass is 10.0. The minimum Gasteiger partial charge on any atom is -0.478 e. The lowest BCUT2D eigenvalue weighted by molar-refractivity contribution is -0.115. The molecule has 2 N–H and O–H groups in total. The minimum absolute atomic E-state index is 0.188. The molecule has 1 aliphatic heterocycles. The van der Waals surface area contributed by atoms with E-state index in [-0.39, 0.29) is 10.5 Å². The molecule has 1 aromatic carbocycles. The molecule has 26 heavy (non-hydrogen) atoms. The maximum Gasteiger partial charge on any atom is 0.335 e. The number of thioether (sulfide) groups is 1. The van der Waals surface area contributed by atoms with E-state index >= 15 is 0 Å². The number of carboxylic acids is 1. The Bertz CT molecular complexity index is 1100. The number of nitrogens with zero attached hydrogens (tertiary/aromatic N) is 1. The number of hydrogen-bond donors (Lipinski definition) is 2. The molecule has 0 atom stereocenters. The third-order valence-electron chi connectivity index (χ3n) is 3.80. The van der Waals surface area contributed by atoms with Crippen molar-refractivity contribution in [1.82, 2.24) is 10.3 Å². The SMILES string of the molecule is O=C1NC(=O)C(=Cc2cc3cncc(-c4ccc(C(=O)O)cc4)c3o2)S1. The molecular weight excluding hydrogens is 356 g/mol. The van der Waals surface area contributed by atoms with Gasteiger partial charge in [0.15, 0.2) is 0 Å². The van der Waals surface area contributed by atoms with Crippen LogP contribution >= 0.6 is 11.8 Å². The van der Waals surface area contributed by atoms with E-state index in [0.717, 1.165) is 22.7 Å².